The summed E-state index contributed by atoms with van der Waals surface area (Å²) in [7, 11) is -3.61. The average Bonchev–Trinajstić information content (AvgIpc) is 2.43. The molecule has 1 amide bonds. The van der Waals surface area contributed by atoms with Crippen LogP contribution in [0.4, 0.5) is 4.79 Å². The Kier molecular flexibility index (Phi) is 7.65. The second-order valence-electron chi connectivity index (χ2n) is 6.33. The molecule has 8 heteroatoms. The van der Waals surface area contributed by atoms with Crippen molar-refractivity contribution >= 4 is 16.2 Å². The number of nitrogens with one attached hydrogen (secondary N) is 1. The zero-order valence-corrected chi connectivity index (χ0v) is 15.3. The first-order valence-electron chi connectivity index (χ1n) is 7.51. The van der Waals surface area contributed by atoms with Crippen molar-refractivity contribution in [2.45, 2.75) is 39.0 Å². The molecule has 1 unspecified atom stereocenters. The predicted octanol–water partition coefficient (Wildman–Crippen LogP) is 2.07. The minimum atomic E-state index is -3.61. The highest BCUT2D eigenvalue weighted by Crippen LogP contribution is 2.07. The van der Waals surface area contributed by atoms with Gasteiger partial charge in [0.15, 0.2) is 0 Å². The van der Waals surface area contributed by atoms with Gasteiger partial charge in [-0.15, -0.1) is 0 Å². The smallest absolute Gasteiger partial charge is 0.408 e. The second-order valence-corrected chi connectivity index (χ2v) is 7.98. The average molecular weight is 359 g/mol. The van der Waals surface area contributed by atoms with Gasteiger partial charge in [-0.2, -0.15) is 8.42 Å². The molecule has 0 aliphatic heterocycles. The summed E-state index contributed by atoms with van der Waals surface area (Å²) in [6, 6.07) is 8.84. The molecule has 1 rings (SSSR count). The molecular formula is C16H25NO6S. The summed E-state index contributed by atoms with van der Waals surface area (Å²) in [6.45, 7) is 5.41. The lowest BCUT2D eigenvalue weighted by molar-refractivity contribution is 0.0384. The summed E-state index contributed by atoms with van der Waals surface area (Å²) in [5, 5.41) is 2.56. The van der Waals surface area contributed by atoms with E-state index in [4.69, 9.17) is 13.7 Å². The predicted molar refractivity (Wildman–Crippen MR) is 90.1 cm³/mol. The number of hydrogen-bond acceptors (Lipinski definition) is 6. The number of ether oxygens (including phenoxy) is 2. The van der Waals surface area contributed by atoms with Crippen LogP contribution in [-0.4, -0.2) is 45.6 Å². The molecule has 7 nitrogen and oxygen atoms in total. The molecule has 1 aromatic carbocycles. The van der Waals surface area contributed by atoms with Crippen molar-refractivity contribution < 1.29 is 26.9 Å². The van der Waals surface area contributed by atoms with Crippen LogP contribution in [0.15, 0.2) is 30.3 Å². The van der Waals surface area contributed by atoms with Crippen LogP contribution in [0.2, 0.25) is 0 Å². The normalized spacial score (nSPS) is 13.3. The van der Waals surface area contributed by atoms with E-state index in [1.165, 1.54) is 0 Å². The molecule has 0 saturated carbocycles. The van der Waals surface area contributed by atoms with Crippen molar-refractivity contribution in [3.05, 3.63) is 35.9 Å². The number of carbonyl (C=O) groups is 1. The second kappa shape index (κ2) is 9.00. The van der Waals surface area contributed by atoms with Crippen molar-refractivity contribution in [2.75, 3.05) is 19.5 Å². The number of hydrogen-bond donors (Lipinski definition) is 1. The van der Waals surface area contributed by atoms with Crippen LogP contribution in [0.25, 0.3) is 0 Å². The molecule has 1 N–H and O–H groups in total. The molecule has 0 aromatic heterocycles. The highest BCUT2D eigenvalue weighted by molar-refractivity contribution is 7.85. The Labute approximate surface area is 143 Å². The van der Waals surface area contributed by atoms with Gasteiger partial charge < -0.3 is 14.8 Å². The van der Waals surface area contributed by atoms with E-state index in [1.807, 2.05) is 30.3 Å². The van der Waals surface area contributed by atoms with Crippen LogP contribution < -0.4 is 5.32 Å². The Morgan fingerprint density at radius 1 is 1.17 bits per heavy atom. The van der Waals surface area contributed by atoms with E-state index >= 15 is 0 Å². The van der Waals surface area contributed by atoms with E-state index in [0.717, 1.165) is 11.8 Å². The quantitative estimate of drug-likeness (QED) is 0.715. The lowest BCUT2D eigenvalue weighted by Crippen LogP contribution is -2.44. The highest BCUT2D eigenvalue weighted by Gasteiger charge is 2.21. The van der Waals surface area contributed by atoms with Crippen LogP contribution in [0.1, 0.15) is 26.3 Å². The number of carbonyl (C=O) groups excluding carboxylic acids is 1. The van der Waals surface area contributed by atoms with E-state index in [9.17, 15) is 13.2 Å². The zero-order chi connectivity index (χ0) is 18.2. The van der Waals surface area contributed by atoms with E-state index < -0.39 is 27.9 Å². The van der Waals surface area contributed by atoms with Crippen molar-refractivity contribution in [3.8, 4) is 0 Å². The summed E-state index contributed by atoms with van der Waals surface area (Å²) < 4.78 is 37.7. The monoisotopic (exact) mass is 359 g/mol. The first-order chi connectivity index (χ1) is 11.1. The van der Waals surface area contributed by atoms with Gasteiger partial charge in [-0.1, -0.05) is 30.3 Å². The van der Waals surface area contributed by atoms with Crippen LogP contribution in [0.5, 0.6) is 0 Å². The Morgan fingerprint density at radius 3 is 2.33 bits per heavy atom. The topological polar surface area (TPSA) is 90.9 Å². The summed E-state index contributed by atoms with van der Waals surface area (Å²) in [4.78, 5) is 11.8. The zero-order valence-electron chi connectivity index (χ0n) is 14.4. The maximum atomic E-state index is 11.8. The molecule has 0 saturated heterocycles. The molecule has 0 radical (unpaired) electrons. The SMILES string of the molecule is CC(C)(C)OC(=O)NC(COCc1ccccc1)COS(C)(=O)=O. The third-order valence-corrected chi connectivity index (χ3v) is 3.20. The molecule has 136 valence electrons. The summed E-state index contributed by atoms with van der Waals surface area (Å²) in [5.41, 5.74) is 0.314. The lowest BCUT2D eigenvalue weighted by Gasteiger charge is -2.23. The van der Waals surface area contributed by atoms with Crippen LogP contribution in [0.3, 0.4) is 0 Å². The summed E-state index contributed by atoms with van der Waals surface area (Å²) >= 11 is 0. The van der Waals surface area contributed by atoms with Gasteiger partial charge in [0, 0.05) is 0 Å². The van der Waals surface area contributed by atoms with Gasteiger partial charge in [0.05, 0.1) is 32.1 Å². The van der Waals surface area contributed by atoms with Crippen LogP contribution in [0, 0.1) is 0 Å². The molecule has 24 heavy (non-hydrogen) atoms. The number of alkyl carbamates (subject to hydrolysis) is 1. The molecule has 0 bridgehead atoms. The maximum Gasteiger partial charge on any atom is 0.408 e. The lowest BCUT2D eigenvalue weighted by atomic mass is 10.2. The van der Waals surface area contributed by atoms with Gasteiger partial charge in [-0.3, -0.25) is 4.18 Å². The summed E-state index contributed by atoms with van der Waals surface area (Å²) in [6.07, 6.45) is 0.287. The first kappa shape index (κ1) is 20.4. The Balaban J connectivity index is 2.55. The van der Waals surface area contributed by atoms with Crippen LogP contribution >= 0.6 is 0 Å². The fourth-order valence-corrected chi connectivity index (χ4v) is 2.12. The largest absolute Gasteiger partial charge is 0.444 e. The Bertz CT molecular complexity index is 609. The van der Waals surface area contributed by atoms with E-state index in [0.29, 0.717) is 6.61 Å². The highest BCUT2D eigenvalue weighted by atomic mass is 32.2. The molecule has 0 heterocycles. The minimum Gasteiger partial charge on any atom is -0.444 e. The van der Waals surface area contributed by atoms with Crippen molar-refractivity contribution in [2.24, 2.45) is 0 Å². The molecule has 1 atom stereocenters. The first-order valence-corrected chi connectivity index (χ1v) is 9.32. The summed E-state index contributed by atoms with van der Waals surface area (Å²) in [5.74, 6) is 0. The van der Waals surface area contributed by atoms with Gasteiger partial charge in [0.1, 0.15) is 5.60 Å². The van der Waals surface area contributed by atoms with Crippen molar-refractivity contribution in [1.29, 1.82) is 0 Å². The number of benzene rings is 1. The molecule has 0 aliphatic carbocycles. The van der Waals surface area contributed by atoms with Gasteiger partial charge in [0.25, 0.3) is 10.1 Å². The Morgan fingerprint density at radius 2 is 1.79 bits per heavy atom. The van der Waals surface area contributed by atoms with Crippen LogP contribution in [-0.2, 0) is 30.4 Å². The van der Waals surface area contributed by atoms with E-state index in [-0.39, 0.29) is 13.2 Å². The van der Waals surface area contributed by atoms with Gasteiger partial charge in [0.2, 0.25) is 0 Å². The van der Waals surface area contributed by atoms with E-state index in [2.05, 4.69) is 5.32 Å². The van der Waals surface area contributed by atoms with Gasteiger partial charge in [-0.05, 0) is 26.3 Å². The standard InChI is InChI=1S/C16H25NO6S/c1-16(2,3)23-15(18)17-14(12-22-24(4,19)20)11-21-10-13-8-6-5-7-9-13/h5-9,14H,10-12H2,1-4H3,(H,17,18). The van der Waals surface area contributed by atoms with Gasteiger partial charge >= 0.3 is 6.09 Å². The number of rotatable bonds is 8. The maximum absolute atomic E-state index is 11.8. The van der Waals surface area contributed by atoms with Gasteiger partial charge in [-0.25, -0.2) is 4.79 Å². The molecular weight excluding hydrogens is 334 g/mol. The third kappa shape index (κ3) is 10.2. The number of amides is 1. The molecule has 1 aromatic rings. The minimum absolute atomic E-state index is 0.0870. The van der Waals surface area contributed by atoms with Crippen molar-refractivity contribution in [3.63, 3.8) is 0 Å². The fourth-order valence-electron chi connectivity index (χ4n) is 1.70. The molecule has 0 spiro atoms. The fraction of sp³-hybridized carbons (Fsp3) is 0.562. The Hall–Kier alpha value is -1.64. The third-order valence-electron chi connectivity index (χ3n) is 2.63. The molecule has 0 aliphatic rings. The molecule has 0 fully saturated rings. The van der Waals surface area contributed by atoms with Crippen molar-refractivity contribution in [1.82, 2.24) is 5.32 Å². The van der Waals surface area contributed by atoms with E-state index in [1.54, 1.807) is 20.8 Å².